The summed E-state index contributed by atoms with van der Waals surface area (Å²) in [6.07, 6.45) is 4.94. The molecule has 0 atom stereocenters. The third-order valence-electron chi connectivity index (χ3n) is 3.45. The van der Waals surface area contributed by atoms with Crippen LogP contribution in [-0.2, 0) is 13.6 Å². The van der Waals surface area contributed by atoms with Gasteiger partial charge in [0.05, 0.1) is 23.3 Å². The van der Waals surface area contributed by atoms with Gasteiger partial charge in [0.1, 0.15) is 11.4 Å². The maximum absolute atomic E-state index is 12.2. The van der Waals surface area contributed by atoms with E-state index in [1.165, 1.54) is 29.3 Å². The molecule has 0 saturated carbocycles. The second kappa shape index (κ2) is 7.02. The van der Waals surface area contributed by atoms with Crippen LogP contribution in [0.4, 0.5) is 0 Å². The van der Waals surface area contributed by atoms with Crippen molar-refractivity contribution in [2.75, 3.05) is 6.26 Å². The highest BCUT2D eigenvalue weighted by Crippen LogP contribution is 2.19. The Hall–Kier alpha value is -2.39. The van der Waals surface area contributed by atoms with Crippen molar-refractivity contribution < 1.29 is 4.79 Å². The summed E-state index contributed by atoms with van der Waals surface area (Å²) in [5, 5.41) is 5.48. The first-order valence-electron chi connectivity index (χ1n) is 7.06. The lowest BCUT2D eigenvalue weighted by atomic mass is 10.3. The molecular weight excluding hydrogens is 346 g/mol. The highest BCUT2D eigenvalue weighted by atomic mass is 32.2. The zero-order chi connectivity index (χ0) is 17.1. The Balaban J connectivity index is 1.73. The van der Waals surface area contributed by atoms with Gasteiger partial charge in [-0.05, 0) is 17.7 Å². The summed E-state index contributed by atoms with van der Waals surface area (Å²) in [5.74, 6) is -0.00354. The van der Waals surface area contributed by atoms with Gasteiger partial charge < -0.3 is 14.9 Å². The number of H-pyrrole nitrogens is 1. The van der Waals surface area contributed by atoms with Gasteiger partial charge in [0, 0.05) is 13.2 Å². The number of thiophene rings is 1. The van der Waals surface area contributed by atoms with Crippen LogP contribution in [0.2, 0.25) is 0 Å². The van der Waals surface area contributed by atoms with E-state index in [0.717, 1.165) is 15.7 Å². The standard InChI is InChI=1S/C15H15N5O2S2/c1-20-9(7-18-15(20)23-2)6-17-13(21)10-8-16-12(19-14(10)22)11-4-3-5-24-11/h3-5,7-8H,6H2,1-2H3,(H,17,21)(H,16,19,22). The van der Waals surface area contributed by atoms with Crippen molar-refractivity contribution in [1.29, 1.82) is 0 Å². The molecule has 3 aromatic heterocycles. The molecule has 1 amide bonds. The van der Waals surface area contributed by atoms with Crippen LogP contribution in [0.25, 0.3) is 10.7 Å². The fraction of sp³-hybridized carbons (Fsp3) is 0.200. The normalized spacial score (nSPS) is 10.8. The summed E-state index contributed by atoms with van der Waals surface area (Å²) in [4.78, 5) is 36.2. The van der Waals surface area contributed by atoms with Gasteiger partial charge in [-0.25, -0.2) is 9.97 Å². The van der Waals surface area contributed by atoms with Crippen molar-refractivity contribution in [1.82, 2.24) is 24.8 Å². The molecule has 7 nitrogen and oxygen atoms in total. The number of aromatic nitrogens is 4. The maximum atomic E-state index is 12.2. The monoisotopic (exact) mass is 361 g/mol. The Morgan fingerprint density at radius 1 is 1.42 bits per heavy atom. The predicted octanol–water partition coefficient (Wildman–Crippen LogP) is 1.88. The SMILES string of the molecule is CSc1ncc(CNC(=O)c2cnc(-c3cccs3)[nH]c2=O)n1C. The molecule has 0 bridgehead atoms. The molecule has 3 heterocycles. The summed E-state index contributed by atoms with van der Waals surface area (Å²) in [7, 11) is 1.88. The van der Waals surface area contributed by atoms with Gasteiger partial charge >= 0.3 is 0 Å². The van der Waals surface area contributed by atoms with Gasteiger partial charge in [-0.2, -0.15) is 0 Å². The number of rotatable bonds is 5. The topological polar surface area (TPSA) is 92.7 Å². The van der Waals surface area contributed by atoms with E-state index in [9.17, 15) is 9.59 Å². The molecule has 0 fully saturated rings. The van der Waals surface area contributed by atoms with Crippen molar-refractivity contribution in [3.8, 4) is 10.7 Å². The van der Waals surface area contributed by atoms with Gasteiger partial charge in [0.25, 0.3) is 11.5 Å². The largest absolute Gasteiger partial charge is 0.346 e. The highest BCUT2D eigenvalue weighted by Gasteiger charge is 2.14. The molecule has 0 unspecified atom stereocenters. The van der Waals surface area contributed by atoms with Crippen LogP contribution >= 0.6 is 23.1 Å². The number of hydrogen-bond acceptors (Lipinski definition) is 6. The van der Waals surface area contributed by atoms with Crippen LogP contribution < -0.4 is 10.9 Å². The first-order chi connectivity index (χ1) is 11.6. The molecular formula is C15H15N5O2S2. The number of aromatic amines is 1. The first-order valence-corrected chi connectivity index (χ1v) is 9.16. The Morgan fingerprint density at radius 2 is 2.25 bits per heavy atom. The molecule has 3 rings (SSSR count). The lowest BCUT2D eigenvalue weighted by Crippen LogP contribution is -2.30. The smallest absolute Gasteiger partial charge is 0.264 e. The van der Waals surface area contributed by atoms with Crippen molar-refractivity contribution in [2.45, 2.75) is 11.7 Å². The number of carbonyl (C=O) groups excluding carboxylic acids is 1. The van der Waals surface area contributed by atoms with Crippen LogP contribution in [0.5, 0.6) is 0 Å². The molecule has 0 aliphatic rings. The second-order valence-corrected chi connectivity index (χ2v) is 6.65. The molecule has 0 aliphatic carbocycles. The number of imidazole rings is 1. The molecule has 0 aromatic carbocycles. The number of nitrogens with zero attached hydrogens (tertiary/aromatic N) is 3. The lowest BCUT2D eigenvalue weighted by molar-refractivity contribution is 0.0948. The summed E-state index contributed by atoms with van der Waals surface area (Å²) in [6.45, 7) is 0.287. The van der Waals surface area contributed by atoms with Crippen molar-refractivity contribution in [3.05, 3.63) is 51.5 Å². The number of thioether (sulfide) groups is 1. The van der Waals surface area contributed by atoms with E-state index in [1.54, 1.807) is 6.20 Å². The number of carbonyl (C=O) groups is 1. The third kappa shape index (κ3) is 3.26. The molecule has 24 heavy (non-hydrogen) atoms. The van der Waals surface area contributed by atoms with Crippen molar-refractivity contribution >= 4 is 29.0 Å². The van der Waals surface area contributed by atoms with E-state index >= 15 is 0 Å². The Morgan fingerprint density at radius 3 is 2.88 bits per heavy atom. The van der Waals surface area contributed by atoms with E-state index in [0.29, 0.717) is 5.82 Å². The third-order valence-corrected chi connectivity index (χ3v) is 5.07. The van der Waals surface area contributed by atoms with E-state index in [2.05, 4.69) is 20.3 Å². The summed E-state index contributed by atoms with van der Waals surface area (Å²) < 4.78 is 1.90. The zero-order valence-electron chi connectivity index (χ0n) is 13.1. The number of nitrogens with one attached hydrogen (secondary N) is 2. The van der Waals surface area contributed by atoms with E-state index in [4.69, 9.17) is 0 Å². The molecule has 0 aliphatic heterocycles. The van der Waals surface area contributed by atoms with Crippen LogP contribution in [0.15, 0.2) is 39.9 Å². The van der Waals surface area contributed by atoms with Gasteiger partial charge in [0.15, 0.2) is 5.16 Å². The van der Waals surface area contributed by atoms with Gasteiger partial charge in [-0.3, -0.25) is 9.59 Å². The second-order valence-electron chi connectivity index (χ2n) is 4.93. The zero-order valence-corrected chi connectivity index (χ0v) is 14.7. The predicted molar refractivity (Wildman–Crippen MR) is 94.3 cm³/mol. The minimum Gasteiger partial charge on any atom is -0.346 e. The summed E-state index contributed by atoms with van der Waals surface area (Å²) in [6, 6.07) is 3.73. The first kappa shape index (κ1) is 16.5. The molecule has 9 heteroatoms. The number of hydrogen-bond donors (Lipinski definition) is 2. The van der Waals surface area contributed by atoms with E-state index in [1.807, 2.05) is 35.4 Å². The fourth-order valence-corrected chi connectivity index (χ4v) is 3.37. The quantitative estimate of drug-likeness (QED) is 0.677. The van der Waals surface area contributed by atoms with Crippen LogP contribution in [-0.4, -0.2) is 31.7 Å². The van der Waals surface area contributed by atoms with Crippen LogP contribution in [0, 0.1) is 0 Å². The van der Waals surface area contributed by atoms with E-state index < -0.39 is 11.5 Å². The minimum absolute atomic E-state index is 0.0115. The van der Waals surface area contributed by atoms with Gasteiger partial charge in [-0.1, -0.05) is 17.8 Å². The molecule has 3 aromatic rings. The summed E-state index contributed by atoms with van der Waals surface area (Å²) >= 11 is 2.99. The van der Waals surface area contributed by atoms with Crippen molar-refractivity contribution in [2.24, 2.45) is 7.05 Å². The Labute approximate surface area is 146 Å². The maximum Gasteiger partial charge on any atom is 0.264 e. The fourth-order valence-electron chi connectivity index (χ4n) is 2.14. The molecule has 2 N–H and O–H groups in total. The van der Waals surface area contributed by atoms with Crippen LogP contribution in [0.1, 0.15) is 16.1 Å². The Kier molecular flexibility index (Phi) is 4.81. The summed E-state index contributed by atoms with van der Waals surface area (Å²) in [5.41, 5.74) is 0.385. The number of amides is 1. The molecule has 0 spiro atoms. The average molecular weight is 361 g/mol. The van der Waals surface area contributed by atoms with E-state index in [-0.39, 0.29) is 12.1 Å². The van der Waals surface area contributed by atoms with Crippen molar-refractivity contribution in [3.63, 3.8) is 0 Å². The average Bonchev–Trinajstić information content (AvgIpc) is 3.22. The van der Waals surface area contributed by atoms with Gasteiger partial charge in [0.2, 0.25) is 0 Å². The van der Waals surface area contributed by atoms with Crippen LogP contribution in [0.3, 0.4) is 0 Å². The molecule has 124 valence electrons. The molecule has 0 saturated heterocycles. The Bertz CT molecular complexity index is 914. The highest BCUT2D eigenvalue weighted by molar-refractivity contribution is 7.98. The minimum atomic E-state index is -0.464. The lowest BCUT2D eigenvalue weighted by Gasteiger charge is -2.06. The van der Waals surface area contributed by atoms with Gasteiger partial charge in [-0.15, -0.1) is 11.3 Å². The molecule has 0 radical (unpaired) electrons.